The van der Waals surface area contributed by atoms with Crippen molar-refractivity contribution in [3.8, 4) is 0 Å². The Morgan fingerprint density at radius 2 is 0.870 bits per heavy atom. The summed E-state index contributed by atoms with van der Waals surface area (Å²) in [6, 6.07) is 0. The first-order chi connectivity index (χ1) is 22.4. The van der Waals surface area contributed by atoms with Crippen LogP contribution in [0.3, 0.4) is 0 Å². The van der Waals surface area contributed by atoms with Gasteiger partial charge < -0.3 is 24.1 Å². The minimum atomic E-state index is -0.944. The Kier molecular flexibility index (Phi) is 32.1. The normalized spacial score (nSPS) is 11.8. The first kappa shape index (κ1) is 43.6. The second-order valence-electron chi connectivity index (χ2n) is 12.2. The largest absolute Gasteiger partial charge is 0.462 e. The first-order valence-electron chi connectivity index (χ1n) is 18.4. The van der Waals surface area contributed by atoms with Crippen molar-refractivity contribution in [3.63, 3.8) is 0 Å². The van der Waals surface area contributed by atoms with Crippen molar-refractivity contribution in [2.75, 3.05) is 26.4 Å². The molecular weight excluding hydrogens is 588 g/mol. The highest BCUT2D eigenvalue weighted by atomic mass is 16.6. The van der Waals surface area contributed by atoms with Gasteiger partial charge in [0.25, 0.3) is 0 Å². The molecule has 1 N–H and O–H groups in total. The molecule has 0 aliphatic rings. The van der Waals surface area contributed by atoms with E-state index in [-0.39, 0.29) is 45.2 Å². The number of aliphatic hydroxyl groups is 1. The standard InChI is InChI=1S/C37H66O9/c1-3-5-7-9-11-13-15-17-19-21-23-25-34(39)44-31-33(32-45-36(41)28-27-35(40)43-30-29-38)46-37(42)26-24-22-20-18-16-14-12-10-8-6-4-2/h27-28,33,38H,3-26,29-32H2,1-2H3. The van der Waals surface area contributed by atoms with Gasteiger partial charge in [-0.1, -0.05) is 142 Å². The summed E-state index contributed by atoms with van der Waals surface area (Å²) in [6.45, 7) is 3.42. The molecule has 0 heterocycles. The summed E-state index contributed by atoms with van der Waals surface area (Å²) < 4.78 is 20.6. The number of hydrogen-bond donors (Lipinski definition) is 1. The van der Waals surface area contributed by atoms with Crippen LogP contribution in [0.5, 0.6) is 0 Å². The topological polar surface area (TPSA) is 125 Å². The van der Waals surface area contributed by atoms with E-state index in [1.54, 1.807) is 0 Å². The number of hydrogen-bond acceptors (Lipinski definition) is 9. The SMILES string of the molecule is CCCCCCCCCCCCCC(=O)OCC(COC(=O)C=CC(=O)OCCO)OC(=O)CCCCCCCCCCCCC. The van der Waals surface area contributed by atoms with E-state index in [1.165, 1.54) is 96.3 Å². The summed E-state index contributed by atoms with van der Waals surface area (Å²) in [7, 11) is 0. The molecule has 0 aromatic heterocycles. The molecule has 9 heteroatoms. The summed E-state index contributed by atoms with van der Waals surface area (Å²) in [5.74, 6) is -2.43. The van der Waals surface area contributed by atoms with Crippen LogP contribution < -0.4 is 0 Å². The van der Waals surface area contributed by atoms with Crippen LogP contribution in [0, 0.1) is 0 Å². The number of unbranched alkanes of at least 4 members (excludes halogenated alkanes) is 20. The van der Waals surface area contributed by atoms with Gasteiger partial charge in [-0.15, -0.1) is 0 Å². The third-order valence-corrected chi connectivity index (χ3v) is 7.80. The Labute approximate surface area is 279 Å². The predicted molar refractivity (Wildman–Crippen MR) is 181 cm³/mol. The maximum absolute atomic E-state index is 12.5. The summed E-state index contributed by atoms with van der Waals surface area (Å²) in [5.41, 5.74) is 0. The van der Waals surface area contributed by atoms with E-state index in [1.807, 2.05) is 0 Å². The highest BCUT2D eigenvalue weighted by molar-refractivity contribution is 5.91. The molecule has 0 saturated carbocycles. The van der Waals surface area contributed by atoms with Crippen molar-refractivity contribution in [2.45, 2.75) is 174 Å². The van der Waals surface area contributed by atoms with E-state index >= 15 is 0 Å². The number of aliphatic hydroxyl groups excluding tert-OH is 1. The van der Waals surface area contributed by atoms with Gasteiger partial charge in [0.05, 0.1) is 6.61 Å². The lowest BCUT2D eigenvalue weighted by Gasteiger charge is -2.18. The summed E-state index contributed by atoms with van der Waals surface area (Å²) in [6.07, 6.45) is 27.3. The first-order valence-corrected chi connectivity index (χ1v) is 18.4. The van der Waals surface area contributed by atoms with E-state index in [0.29, 0.717) is 6.42 Å². The van der Waals surface area contributed by atoms with Gasteiger partial charge in [-0.05, 0) is 12.8 Å². The van der Waals surface area contributed by atoms with E-state index in [9.17, 15) is 19.2 Å². The molecule has 0 radical (unpaired) electrons. The van der Waals surface area contributed by atoms with Crippen LogP contribution in [0.1, 0.15) is 168 Å². The van der Waals surface area contributed by atoms with Crippen LogP contribution in [0.4, 0.5) is 0 Å². The minimum Gasteiger partial charge on any atom is -0.462 e. The highest BCUT2D eigenvalue weighted by Crippen LogP contribution is 2.14. The average Bonchev–Trinajstić information content (AvgIpc) is 3.05. The van der Waals surface area contributed by atoms with Crippen molar-refractivity contribution in [3.05, 3.63) is 12.2 Å². The Bertz CT molecular complexity index is 781. The summed E-state index contributed by atoms with van der Waals surface area (Å²) in [4.78, 5) is 48.4. The van der Waals surface area contributed by atoms with Crippen LogP contribution in [0.25, 0.3) is 0 Å². The molecule has 0 aliphatic heterocycles. The van der Waals surface area contributed by atoms with Crippen LogP contribution in [-0.4, -0.2) is 61.5 Å². The molecule has 1 unspecified atom stereocenters. The van der Waals surface area contributed by atoms with Crippen LogP contribution in [0.15, 0.2) is 12.2 Å². The van der Waals surface area contributed by atoms with E-state index in [4.69, 9.17) is 19.3 Å². The van der Waals surface area contributed by atoms with Gasteiger partial charge >= 0.3 is 23.9 Å². The molecule has 0 aromatic rings. The molecule has 46 heavy (non-hydrogen) atoms. The third kappa shape index (κ3) is 31.6. The average molecular weight is 655 g/mol. The predicted octanol–water partition coefficient (Wildman–Crippen LogP) is 8.48. The van der Waals surface area contributed by atoms with Gasteiger partial charge in [0, 0.05) is 25.0 Å². The molecule has 1 atom stereocenters. The summed E-state index contributed by atoms with van der Waals surface area (Å²) in [5, 5.41) is 8.70. The van der Waals surface area contributed by atoms with Gasteiger partial charge in [0.2, 0.25) is 0 Å². The van der Waals surface area contributed by atoms with E-state index in [0.717, 1.165) is 50.7 Å². The quantitative estimate of drug-likeness (QED) is 0.0321. The second kappa shape index (κ2) is 33.9. The fourth-order valence-corrected chi connectivity index (χ4v) is 5.04. The lowest BCUT2D eigenvalue weighted by molar-refractivity contribution is -0.165. The molecule has 0 rings (SSSR count). The maximum Gasteiger partial charge on any atom is 0.331 e. The van der Waals surface area contributed by atoms with E-state index in [2.05, 4.69) is 18.6 Å². The molecule has 268 valence electrons. The Balaban J connectivity index is 4.40. The van der Waals surface area contributed by atoms with Gasteiger partial charge in [0.1, 0.15) is 19.8 Å². The van der Waals surface area contributed by atoms with E-state index < -0.39 is 24.0 Å². The van der Waals surface area contributed by atoms with Crippen LogP contribution in [-0.2, 0) is 38.1 Å². The van der Waals surface area contributed by atoms with Crippen molar-refractivity contribution in [1.82, 2.24) is 0 Å². The van der Waals surface area contributed by atoms with Gasteiger partial charge in [0.15, 0.2) is 6.10 Å². The molecule has 0 saturated heterocycles. The lowest BCUT2D eigenvalue weighted by Crippen LogP contribution is -2.30. The number of rotatable bonds is 33. The fourth-order valence-electron chi connectivity index (χ4n) is 5.04. The molecule has 9 nitrogen and oxygen atoms in total. The highest BCUT2D eigenvalue weighted by Gasteiger charge is 2.19. The zero-order chi connectivity index (χ0) is 33.9. The Morgan fingerprint density at radius 1 is 0.500 bits per heavy atom. The summed E-state index contributed by atoms with van der Waals surface area (Å²) >= 11 is 0. The molecule has 0 fully saturated rings. The molecule has 0 aliphatic carbocycles. The molecule has 0 spiro atoms. The molecule has 0 bridgehead atoms. The fraction of sp³-hybridized carbons (Fsp3) is 0.838. The minimum absolute atomic E-state index is 0.181. The van der Waals surface area contributed by atoms with Crippen LogP contribution in [0.2, 0.25) is 0 Å². The van der Waals surface area contributed by atoms with Crippen molar-refractivity contribution >= 4 is 23.9 Å². The van der Waals surface area contributed by atoms with Crippen molar-refractivity contribution in [1.29, 1.82) is 0 Å². The van der Waals surface area contributed by atoms with Gasteiger partial charge in [-0.2, -0.15) is 0 Å². The zero-order valence-electron chi connectivity index (χ0n) is 29.2. The lowest BCUT2D eigenvalue weighted by atomic mass is 10.1. The number of esters is 4. The number of carbonyl (C=O) groups excluding carboxylic acids is 4. The molecule has 0 aromatic carbocycles. The maximum atomic E-state index is 12.5. The van der Waals surface area contributed by atoms with Gasteiger partial charge in [-0.3, -0.25) is 9.59 Å². The van der Waals surface area contributed by atoms with Crippen molar-refractivity contribution in [2.24, 2.45) is 0 Å². The van der Waals surface area contributed by atoms with Gasteiger partial charge in [-0.25, -0.2) is 9.59 Å². The number of ether oxygens (including phenoxy) is 4. The Morgan fingerprint density at radius 3 is 1.30 bits per heavy atom. The monoisotopic (exact) mass is 654 g/mol. The van der Waals surface area contributed by atoms with Crippen LogP contribution >= 0.6 is 0 Å². The third-order valence-electron chi connectivity index (χ3n) is 7.80. The molecular formula is C37H66O9. The second-order valence-corrected chi connectivity index (χ2v) is 12.2. The Hall–Kier alpha value is -2.42. The number of carbonyl (C=O) groups is 4. The molecule has 0 amide bonds. The van der Waals surface area contributed by atoms with Crippen molar-refractivity contribution < 1.29 is 43.2 Å². The zero-order valence-corrected chi connectivity index (χ0v) is 29.2. The smallest absolute Gasteiger partial charge is 0.331 e.